The highest BCUT2D eigenvalue weighted by Crippen LogP contribution is 2.30. The van der Waals surface area contributed by atoms with Gasteiger partial charge in [0.1, 0.15) is 5.60 Å². The van der Waals surface area contributed by atoms with E-state index in [0.717, 1.165) is 44.3 Å². The van der Waals surface area contributed by atoms with Crippen LogP contribution < -0.4 is 5.32 Å². The second kappa shape index (κ2) is 8.36. The van der Waals surface area contributed by atoms with Crippen LogP contribution in [0.5, 0.6) is 0 Å². The first-order chi connectivity index (χ1) is 10.8. The molecule has 4 nitrogen and oxygen atoms in total. The Hall–Kier alpha value is -0.770. The van der Waals surface area contributed by atoms with Crippen molar-refractivity contribution in [1.29, 1.82) is 0 Å². The van der Waals surface area contributed by atoms with Crippen LogP contribution in [0, 0.1) is 11.8 Å². The fourth-order valence-corrected chi connectivity index (χ4v) is 4.01. The highest BCUT2D eigenvalue weighted by molar-refractivity contribution is 5.69. The van der Waals surface area contributed by atoms with Crippen molar-refractivity contribution in [3.63, 3.8) is 0 Å². The molecule has 3 atom stereocenters. The third-order valence-electron chi connectivity index (χ3n) is 5.16. The zero-order valence-corrected chi connectivity index (χ0v) is 15.6. The van der Waals surface area contributed by atoms with E-state index in [4.69, 9.17) is 4.74 Å². The van der Waals surface area contributed by atoms with Gasteiger partial charge in [0.05, 0.1) is 0 Å². The molecular formula is C19H36N2O2. The highest BCUT2D eigenvalue weighted by atomic mass is 16.6. The molecule has 23 heavy (non-hydrogen) atoms. The number of hydrogen-bond donors (Lipinski definition) is 1. The Morgan fingerprint density at radius 2 is 2.00 bits per heavy atom. The third-order valence-corrected chi connectivity index (χ3v) is 5.16. The Labute approximate surface area is 142 Å². The molecule has 0 bridgehead atoms. The summed E-state index contributed by atoms with van der Waals surface area (Å²) in [5.41, 5.74) is -0.407. The smallest absolute Gasteiger partial charge is 0.410 e. The van der Waals surface area contributed by atoms with Crippen LogP contribution in [0.15, 0.2) is 0 Å². The molecule has 1 saturated carbocycles. The topological polar surface area (TPSA) is 41.6 Å². The molecule has 2 fully saturated rings. The minimum Gasteiger partial charge on any atom is -0.444 e. The van der Waals surface area contributed by atoms with E-state index >= 15 is 0 Å². The first-order valence-electron chi connectivity index (χ1n) is 9.55. The number of hydrogen-bond acceptors (Lipinski definition) is 3. The molecule has 1 amide bonds. The van der Waals surface area contributed by atoms with Crippen molar-refractivity contribution in [2.24, 2.45) is 11.8 Å². The van der Waals surface area contributed by atoms with Crippen molar-refractivity contribution in [3.8, 4) is 0 Å². The lowest BCUT2D eigenvalue weighted by atomic mass is 9.81. The lowest BCUT2D eigenvalue weighted by molar-refractivity contribution is 0.0226. The van der Waals surface area contributed by atoms with E-state index < -0.39 is 5.60 Å². The monoisotopic (exact) mass is 324 g/mol. The molecule has 0 aromatic rings. The van der Waals surface area contributed by atoms with Gasteiger partial charge in [-0.15, -0.1) is 0 Å². The summed E-state index contributed by atoms with van der Waals surface area (Å²) in [7, 11) is 0. The van der Waals surface area contributed by atoms with E-state index in [9.17, 15) is 4.79 Å². The molecule has 1 N–H and O–H groups in total. The molecule has 4 heteroatoms. The molecular weight excluding hydrogens is 288 g/mol. The van der Waals surface area contributed by atoms with E-state index in [1.165, 1.54) is 32.1 Å². The van der Waals surface area contributed by atoms with Gasteiger partial charge in [0, 0.05) is 19.1 Å². The van der Waals surface area contributed by atoms with E-state index in [1.807, 2.05) is 25.7 Å². The number of likely N-dealkylation sites (tertiary alicyclic amines) is 1. The van der Waals surface area contributed by atoms with Gasteiger partial charge >= 0.3 is 6.09 Å². The lowest BCUT2D eigenvalue weighted by Gasteiger charge is -2.29. The van der Waals surface area contributed by atoms with Crippen LogP contribution in [0.1, 0.15) is 72.6 Å². The molecule has 0 aromatic heterocycles. The average Bonchev–Trinajstić information content (AvgIpc) is 2.90. The summed E-state index contributed by atoms with van der Waals surface area (Å²) in [6.07, 6.45) is 8.93. The normalized spacial score (nSPS) is 28.9. The van der Waals surface area contributed by atoms with E-state index in [-0.39, 0.29) is 6.09 Å². The Balaban J connectivity index is 1.67. The van der Waals surface area contributed by atoms with E-state index in [0.29, 0.717) is 6.04 Å². The van der Waals surface area contributed by atoms with Crippen molar-refractivity contribution >= 4 is 6.09 Å². The minimum absolute atomic E-state index is 0.150. The average molecular weight is 325 g/mol. The summed E-state index contributed by atoms with van der Waals surface area (Å²) in [5, 5.41) is 3.59. The predicted octanol–water partition coefficient (Wildman–Crippen LogP) is 4.19. The number of rotatable bonds is 5. The number of ether oxygens (including phenoxy) is 1. The lowest BCUT2D eigenvalue weighted by Crippen LogP contribution is -2.44. The highest BCUT2D eigenvalue weighted by Gasteiger charge is 2.31. The molecule has 134 valence electrons. The maximum Gasteiger partial charge on any atom is 0.410 e. The summed E-state index contributed by atoms with van der Waals surface area (Å²) in [6.45, 7) is 11.0. The van der Waals surface area contributed by atoms with E-state index in [2.05, 4.69) is 12.2 Å². The second-order valence-electron chi connectivity index (χ2n) is 8.60. The first kappa shape index (κ1) is 18.6. The predicted molar refractivity (Wildman–Crippen MR) is 94.6 cm³/mol. The zero-order chi connectivity index (χ0) is 16.9. The SMILES string of the molecule is CC1CCCC(CCNCC2CCCN2C(=O)OC(C)(C)C)C1. The molecule has 3 unspecified atom stereocenters. The van der Waals surface area contributed by atoms with Crippen molar-refractivity contribution in [3.05, 3.63) is 0 Å². The van der Waals surface area contributed by atoms with Crippen LogP contribution in [0.3, 0.4) is 0 Å². The Kier molecular flexibility index (Phi) is 6.75. The second-order valence-corrected chi connectivity index (χ2v) is 8.60. The first-order valence-corrected chi connectivity index (χ1v) is 9.55. The van der Waals surface area contributed by atoms with Crippen LogP contribution in [0.2, 0.25) is 0 Å². The van der Waals surface area contributed by atoms with Gasteiger partial charge in [-0.2, -0.15) is 0 Å². The van der Waals surface area contributed by atoms with Gasteiger partial charge in [-0.25, -0.2) is 4.79 Å². The van der Waals surface area contributed by atoms with Gasteiger partial charge in [-0.05, 0) is 64.8 Å². The van der Waals surface area contributed by atoms with Crippen molar-refractivity contribution in [2.45, 2.75) is 84.3 Å². The molecule has 2 aliphatic rings. The largest absolute Gasteiger partial charge is 0.444 e. The van der Waals surface area contributed by atoms with Gasteiger partial charge in [0.25, 0.3) is 0 Å². The fraction of sp³-hybridized carbons (Fsp3) is 0.947. The number of nitrogens with zero attached hydrogens (tertiary/aromatic N) is 1. The van der Waals surface area contributed by atoms with Gasteiger partial charge in [-0.1, -0.05) is 26.2 Å². The van der Waals surface area contributed by atoms with Crippen LogP contribution >= 0.6 is 0 Å². The molecule has 0 aromatic carbocycles. The molecule has 1 saturated heterocycles. The summed E-state index contributed by atoms with van der Waals surface area (Å²) in [6, 6.07) is 0.301. The summed E-state index contributed by atoms with van der Waals surface area (Å²) < 4.78 is 5.52. The fourth-order valence-electron chi connectivity index (χ4n) is 4.01. The molecule has 0 spiro atoms. The summed E-state index contributed by atoms with van der Waals surface area (Å²) in [5.74, 6) is 1.81. The van der Waals surface area contributed by atoms with Gasteiger partial charge < -0.3 is 15.0 Å². The van der Waals surface area contributed by atoms with E-state index in [1.54, 1.807) is 0 Å². The van der Waals surface area contributed by atoms with Crippen molar-refractivity contribution < 1.29 is 9.53 Å². The van der Waals surface area contributed by atoms with Crippen molar-refractivity contribution in [2.75, 3.05) is 19.6 Å². The molecule has 2 rings (SSSR count). The Morgan fingerprint density at radius 3 is 2.70 bits per heavy atom. The maximum absolute atomic E-state index is 12.3. The number of carbonyl (C=O) groups is 1. The van der Waals surface area contributed by atoms with Crippen LogP contribution in [0.4, 0.5) is 4.79 Å². The van der Waals surface area contributed by atoms with Crippen LogP contribution in [0.25, 0.3) is 0 Å². The molecule has 1 aliphatic heterocycles. The Morgan fingerprint density at radius 1 is 1.22 bits per heavy atom. The zero-order valence-electron chi connectivity index (χ0n) is 15.6. The minimum atomic E-state index is -0.407. The van der Waals surface area contributed by atoms with Crippen LogP contribution in [-0.4, -0.2) is 42.3 Å². The van der Waals surface area contributed by atoms with Gasteiger partial charge in [0.15, 0.2) is 0 Å². The maximum atomic E-state index is 12.3. The standard InChI is InChI=1S/C19H36N2O2/c1-15-7-5-8-16(13-15)10-11-20-14-17-9-6-12-21(17)18(22)23-19(2,3)4/h15-17,20H,5-14H2,1-4H3. The summed E-state index contributed by atoms with van der Waals surface area (Å²) in [4.78, 5) is 14.2. The number of nitrogens with one attached hydrogen (secondary N) is 1. The molecule has 1 heterocycles. The number of carbonyl (C=O) groups excluding carboxylic acids is 1. The molecule has 1 aliphatic carbocycles. The molecule has 0 radical (unpaired) electrons. The number of amides is 1. The van der Waals surface area contributed by atoms with Gasteiger partial charge in [-0.3, -0.25) is 0 Å². The third kappa shape index (κ3) is 6.33. The van der Waals surface area contributed by atoms with Crippen molar-refractivity contribution in [1.82, 2.24) is 10.2 Å². The van der Waals surface area contributed by atoms with Crippen LogP contribution in [-0.2, 0) is 4.74 Å². The summed E-state index contributed by atoms with van der Waals surface area (Å²) >= 11 is 0. The Bertz CT molecular complexity index is 378. The quantitative estimate of drug-likeness (QED) is 0.771. The van der Waals surface area contributed by atoms with Gasteiger partial charge in [0.2, 0.25) is 0 Å².